The molecule has 0 N–H and O–H groups in total. The molecule has 4 aromatic rings. The van der Waals surface area contributed by atoms with E-state index in [2.05, 4.69) is 34.2 Å². The van der Waals surface area contributed by atoms with Gasteiger partial charge in [-0.3, -0.25) is 9.97 Å². The molecule has 4 rings (SSSR count). The third-order valence-electron chi connectivity index (χ3n) is 4.48. The summed E-state index contributed by atoms with van der Waals surface area (Å²) in [7, 11) is 0. The summed E-state index contributed by atoms with van der Waals surface area (Å²) >= 11 is 0. The summed E-state index contributed by atoms with van der Waals surface area (Å²) in [6.07, 6.45) is 4.41. The molecule has 0 radical (unpaired) electrons. The Kier molecular flexibility index (Phi) is 6.13. The molecular weight excluding hydrogens is 360 g/mol. The summed E-state index contributed by atoms with van der Waals surface area (Å²) in [6.45, 7) is 0.945. The van der Waals surface area contributed by atoms with E-state index in [1.54, 1.807) is 12.4 Å². The van der Waals surface area contributed by atoms with Crippen LogP contribution >= 0.6 is 0 Å². The molecule has 0 aliphatic rings. The molecule has 0 spiro atoms. The molecule has 0 atom stereocenters. The standard InChI is InChI=1S/C25H22N2O2/c1-3-15-26-22(5-1)18-28-24-11-7-20(8-12-24)17-21-9-13-25(14-10-21)29-19-23-6-2-4-16-27-23/h1-16H,17-19H2. The molecule has 2 aromatic heterocycles. The minimum atomic E-state index is 0.472. The first-order valence-electron chi connectivity index (χ1n) is 9.58. The summed E-state index contributed by atoms with van der Waals surface area (Å²) < 4.78 is 11.6. The molecule has 0 amide bonds. The van der Waals surface area contributed by atoms with Crippen LogP contribution in [0.3, 0.4) is 0 Å². The number of pyridine rings is 2. The Balaban J connectivity index is 1.28. The Bertz CT molecular complexity index is 917. The first-order chi connectivity index (χ1) is 14.3. The van der Waals surface area contributed by atoms with Gasteiger partial charge in [0.25, 0.3) is 0 Å². The van der Waals surface area contributed by atoms with Crippen LogP contribution in [0.2, 0.25) is 0 Å². The predicted octanol–water partition coefficient (Wildman–Crippen LogP) is 5.23. The van der Waals surface area contributed by atoms with E-state index in [1.165, 1.54) is 11.1 Å². The topological polar surface area (TPSA) is 44.2 Å². The van der Waals surface area contributed by atoms with Crippen LogP contribution < -0.4 is 9.47 Å². The Hall–Kier alpha value is -3.66. The molecule has 0 fully saturated rings. The highest BCUT2D eigenvalue weighted by Crippen LogP contribution is 2.19. The van der Waals surface area contributed by atoms with Crippen LogP contribution in [0.15, 0.2) is 97.3 Å². The predicted molar refractivity (Wildman–Crippen MR) is 113 cm³/mol. The minimum Gasteiger partial charge on any atom is -0.487 e. The normalized spacial score (nSPS) is 10.5. The molecule has 2 aromatic carbocycles. The second kappa shape index (κ2) is 9.51. The highest BCUT2D eigenvalue weighted by atomic mass is 16.5. The van der Waals surface area contributed by atoms with E-state index >= 15 is 0 Å². The lowest BCUT2D eigenvalue weighted by molar-refractivity contribution is 0.301. The number of nitrogens with zero attached hydrogens (tertiary/aromatic N) is 2. The van der Waals surface area contributed by atoms with E-state index in [4.69, 9.17) is 9.47 Å². The molecule has 0 unspecified atom stereocenters. The van der Waals surface area contributed by atoms with Crippen molar-refractivity contribution in [3.63, 3.8) is 0 Å². The van der Waals surface area contributed by atoms with Crippen LogP contribution in [0.4, 0.5) is 0 Å². The highest BCUT2D eigenvalue weighted by molar-refractivity contribution is 5.34. The Morgan fingerprint density at radius 1 is 0.517 bits per heavy atom. The van der Waals surface area contributed by atoms with Crippen LogP contribution in [0, 0.1) is 0 Å². The fourth-order valence-electron chi connectivity index (χ4n) is 2.92. The minimum absolute atomic E-state index is 0.472. The fraction of sp³-hybridized carbons (Fsp3) is 0.120. The van der Waals surface area contributed by atoms with Crippen LogP contribution in [0.5, 0.6) is 11.5 Å². The molecule has 4 nitrogen and oxygen atoms in total. The van der Waals surface area contributed by atoms with Crippen molar-refractivity contribution in [1.82, 2.24) is 9.97 Å². The zero-order valence-corrected chi connectivity index (χ0v) is 16.1. The van der Waals surface area contributed by atoms with Gasteiger partial charge in [-0.1, -0.05) is 36.4 Å². The zero-order valence-electron chi connectivity index (χ0n) is 16.1. The van der Waals surface area contributed by atoms with Gasteiger partial charge in [-0.2, -0.15) is 0 Å². The maximum atomic E-state index is 5.79. The number of ether oxygens (including phenoxy) is 2. The summed E-state index contributed by atoms with van der Waals surface area (Å²) in [5.41, 5.74) is 4.30. The van der Waals surface area contributed by atoms with Crippen molar-refractivity contribution in [2.24, 2.45) is 0 Å². The van der Waals surface area contributed by atoms with Gasteiger partial charge >= 0.3 is 0 Å². The van der Waals surface area contributed by atoms with Gasteiger partial charge in [0.1, 0.15) is 24.7 Å². The SMILES string of the molecule is c1ccc(COc2ccc(Cc3ccc(OCc4ccccn4)cc3)cc2)nc1. The molecule has 0 aliphatic heterocycles. The van der Waals surface area contributed by atoms with E-state index in [0.717, 1.165) is 29.3 Å². The smallest absolute Gasteiger partial charge is 0.130 e. The number of hydrogen-bond acceptors (Lipinski definition) is 4. The van der Waals surface area contributed by atoms with E-state index in [9.17, 15) is 0 Å². The van der Waals surface area contributed by atoms with Gasteiger partial charge in [-0.05, 0) is 66.1 Å². The van der Waals surface area contributed by atoms with Crippen molar-refractivity contribution in [2.75, 3.05) is 0 Å². The first-order valence-corrected chi connectivity index (χ1v) is 9.58. The molecule has 29 heavy (non-hydrogen) atoms. The fourth-order valence-corrected chi connectivity index (χ4v) is 2.92. The second-order valence-electron chi connectivity index (χ2n) is 6.68. The summed E-state index contributed by atoms with van der Waals surface area (Å²) in [4.78, 5) is 8.53. The second-order valence-corrected chi connectivity index (χ2v) is 6.68. The lowest BCUT2D eigenvalue weighted by Gasteiger charge is -2.08. The largest absolute Gasteiger partial charge is 0.487 e. The lowest BCUT2D eigenvalue weighted by atomic mass is 10.0. The monoisotopic (exact) mass is 382 g/mol. The summed E-state index contributed by atoms with van der Waals surface area (Å²) in [6, 6.07) is 28.0. The molecule has 0 saturated carbocycles. The van der Waals surface area contributed by atoms with Gasteiger partial charge in [0.15, 0.2) is 0 Å². The number of aromatic nitrogens is 2. The number of rotatable bonds is 8. The lowest BCUT2D eigenvalue weighted by Crippen LogP contribution is -1.98. The van der Waals surface area contributed by atoms with Crippen molar-refractivity contribution in [3.05, 3.63) is 120 Å². The van der Waals surface area contributed by atoms with Crippen LogP contribution in [0.1, 0.15) is 22.5 Å². The maximum Gasteiger partial charge on any atom is 0.130 e. The molecule has 4 heteroatoms. The zero-order chi connectivity index (χ0) is 19.7. The van der Waals surface area contributed by atoms with E-state index in [0.29, 0.717) is 13.2 Å². The van der Waals surface area contributed by atoms with Crippen LogP contribution in [-0.2, 0) is 19.6 Å². The number of hydrogen-bond donors (Lipinski definition) is 0. The molecular formula is C25H22N2O2. The molecule has 0 bridgehead atoms. The maximum absolute atomic E-state index is 5.79. The van der Waals surface area contributed by atoms with Gasteiger partial charge in [-0.25, -0.2) is 0 Å². The van der Waals surface area contributed by atoms with E-state index < -0.39 is 0 Å². The third-order valence-corrected chi connectivity index (χ3v) is 4.48. The van der Waals surface area contributed by atoms with Gasteiger partial charge in [0.2, 0.25) is 0 Å². The molecule has 0 saturated heterocycles. The van der Waals surface area contributed by atoms with Crippen molar-refractivity contribution in [1.29, 1.82) is 0 Å². The van der Waals surface area contributed by atoms with Crippen molar-refractivity contribution >= 4 is 0 Å². The quantitative estimate of drug-likeness (QED) is 0.419. The summed E-state index contributed by atoms with van der Waals surface area (Å²) in [5, 5.41) is 0. The van der Waals surface area contributed by atoms with Crippen molar-refractivity contribution < 1.29 is 9.47 Å². The summed E-state index contributed by atoms with van der Waals surface area (Å²) in [5.74, 6) is 1.69. The van der Waals surface area contributed by atoms with E-state index in [1.807, 2.05) is 60.7 Å². The van der Waals surface area contributed by atoms with E-state index in [-0.39, 0.29) is 0 Å². The van der Waals surface area contributed by atoms with Crippen molar-refractivity contribution in [3.8, 4) is 11.5 Å². The average molecular weight is 382 g/mol. The number of benzene rings is 2. The van der Waals surface area contributed by atoms with Crippen molar-refractivity contribution in [2.45, 2.75) is 19.6 Å². The Labute approximate surface area is 170 Å². The van der Waals surface area contributed by atoms with Crippen LogP contribution in [0.25, 0.3) is 0 Å². The average Bonchev–Trinajstić information content (AvgIpc) is 2.80. The van der Waals surface area contributed by atoms with Gasteiger partial charge in [-0.15, -0.1) is 0 Å². The van der Waals surface area contributed by atoms with Gasteiger partial charge in [0, 0.05) is 12.4 Å². The third kappa shape index (κ3) is 5.66. The van der Waals surface area contributed by atoms with Crippen LogP contribution in [-0.4, -0.2) is 9.97 Å². The Morgan fingerprint density at radius 3 is 1.34 bits per heavy atom. The first kappa shape index (κ1) is 18.7. The molecule has 0 aliphatic carbocycles. The molecule has 2 heterocycles. The highest BCUT2D eigenvalue weighted by Gasteiger charge is 2.01. The molecule has 144 valence electrons. The van der Waals surface area contributed by atoms with Gasteiger partial charge < -0.3 is 9.47 Å². The van der Waals surface area contributed by atoms with Gasteiger partial charge in [0.05, 0.1) is 11.4 Å². The Morgan fingerprint density at radius 2 is 0.966 bits per heavy atom.